The Hall–Kier alpha value is -2.41. The molecule has 1 aromatic rings. The average molecular weight is 473 g/mol. The lowest BCUT2D eigenvalue weighted by atomic mass is 9.43. The fourth-order valence-electron chi connectivity index (χ4n) is 6.85. The second kappa shape index (κ2) is 8.36. The maximum Gasteiger partial charge on any atom is 0.333 e. The van der Waals surface area contributed by atoms with Gasteiger partial charge in [-0.05, 0) is 51.0 Å². The largest absolute Gasteiger partial charge is 0.472 e. The monoisotopic (exact) mass is 472 g/mol. The van der Waals surface area contributed by atoms with E-state index in [0.29, 0.717) is 11.1 Å². The molecule has 2 aliphatic carbocycles. The van der Waals surface area contributed by atoms with Gasteiger partial charge in [0.2, 0.25) is 0 Å². The van der Waals surface area contributed by atoms with Crippen LogP contribution in [0, 0.1) is 22.7 Å². The zero-order valence-corrected chi connectivity index (χ0v) is 21.2. The van der Waals surface area contributed by atoms with Crippen molar-refractivity contribution in [2.75, 3.05) is 0 Å². The van der Waals surface area contributed by atoms with Crippen LogP contribution in [0.2, 0.25) is 0 Å². The first-order chi connectivity index (χ1) is 15.9. The maximum absolute atomic E-state index is 13.3. The minimum absolute atomic E-state index is 0.00474. The number of furan rings is 1. The van der Waals surface area contributed by atoms with Crippen molar-refractivity contribution in [3.63, 3.8) is 0 Å². The van der Waals surface area contributed by atoms with Crippen molar-refractivity contribution in [3.05, 3.63) is 35.8 Å². The molecule has 34 heavy (non-hydrogen) atoms. The molecule has 1 saturated heterocycles. The Morgan fingerprint density at radius 3 is 2.44 bits per heavy atom. The number of ether oxygens (including phenoxy) is 3. The molecule has 1 aliphatic heterocycles. The van der Waals surface area contributed by atoms with E-state index in [1.165, 1.54) is 19.5 Å². The number of hydrogen-bond acceptors (Lipinski definition) is 7. The molecule has 0 N–H and O–H groups in total. The van der Waals surface area contributed by atoms with E-state index in [4.69, 9.17) is 18.6 Å². The molecule has 0 radical (unpaired) electrons. The molecular formula is C27H36O7. The van der Waals surface area contributed by atoms with Crippen LogP contribution in [-0.2, 0) is 23.8 Å². The lowest BCUT2D eigenvalue weighted by molar-refractivity contribution is -0.242. The molecule has 186 valence electrons. The van der Waals surface area contributed by atoms with Gasteiger partial charge >= 0.3 is 11.9 Å². The first-order valence-corrected chi connectivity index (χ1v) is 12.1. The summed E-state index contributed by atoms with van der Waals surface area (Å²) < 4.78 is 23.5. The number of ketones is 1. The summed E-state index contributed by atoms with van der Waals surface area (Å²) in [5.74, 6) is -1.13. The zero-order chi connectivity index (χ0) is 25.1. The highest BCUT2D eigenvalue weighted by atomic mass is 16.6. The fraction of sp³-hybridized carbons (Fsp3) is 0.667. The van der Waals surface area contributed by atoms with E-state index in [1.807, 2.05) is 6.92 Å². The fourth-order valence-corrected chi connectivity index (χ4v) is 6.85. The van der Waals surface area contributed by atoms with Crippen molar-refractivity contribution in [2.45, 2.75) is 91.6 Å². The number of carbonyl (C=O) groups excluding carboxylic acids is 3. The van der Waals surface area contributed by atoms with Gasteiger partial charge in [0.15, 0.2) is 5.78 Å². The third-order valence-corrected chi connectivity index (χ3v) is 9.35. The second-order valence-electron chi connectivity index (χ2n) is 10.9. The molecule has 0 aromatic carbocycles. The molecule has 2 heterocycles. The summed E-state index contributed by atoms with van der Waals surface area (Å²) in [6, 6.07) is 1.68. The Bertz CT molecular complexity index is 1010. The predicted molar refractivity (Wildman–Crippen MR) is 124 cm³/mol. The summed E-state index contributed by atoms with van der Waals surface area (Å²) in [7, 11) is 0. The number of hydrogen-bond donors (Lipinski definition) is 0. The SMILES string of the molecule is C/C=C(\C)C(=O)O[C@@H]1[C@H](OC(C)=O)[C@@H](C)[C@](C)(CC(=O)c2ccoc2)C2CCC3OC3(C)[C@@]21C. The molecule has 3 fully saturated rings. The summed E-state index contributed by atoms with van der Waals surface area (Å²) in [4.78, 5) is 38.5. The summed E-state index contributed by atoms with van der Waals surface area (Å²) in [5, 5.41) is 0. The molecule has 3 unspecified atom stereocenters. The van der Waals surface area contributed by atoms with Gasteiger partial charge in [0.25, 0.3) is 0 Å². The van der Waals surface area contributed by atoms with Crippen LogP contribution in [0.15, 0.2) is 34.7 Å². The lowest BCUT2D eigenvalue weighted by Crippen LogP contribution is -2.69. The molecule has 0 bridgehead atoms. The number of carbonyl (C=O) groups is 3. The molecule has 7 heteroatoms. The van der Waals surface area contributed by atoms with Gasteiger partial charge in [-0.1, -0.05) is 26.8 Å². The average Bonchev–Trinajstić information content (AvgIpc) is 3.20. The third kappa shape index (κ3) is 3.55. The van der Waals surface area contributed by atoms with Gasteiger partial charge in [-0.15, -0.1) is 0 Å². The topological polar surface area (TPSA) is 95.3 Å². The van der Waals surface area contributed by atoms with E-state index in [9.17, 15) is 14.4 Å². The van der Waals surface area contributed by atoms with Gasteiger partial charge in [0.05, 0.1) is 17.9 Å². The molecule has 0 spiro atoms. The number of epoxide rings is 1. The summed E-state index contributed by atoms with van der Waals surface area (Å²) >= 11 is 0. The number of rotatable bonds is 6. The highest BCUT2D eigenvalue weighted by Gasteiger charge is 2.78. The van der Waals surface area contributed by atoms with Crippen LogP contribution in [0.5, 0.6) is 0 Å². The van der Waals surface area contributed by atoms with Crippen LogP contribution in [0.25, 0.3) is 0 Å². The van der Waals surface area contributed by atoms with E-state index in [0.717, 1.165) is 12.8 Å². The van der Waals surface area contributed by atoms with Crippen molar-refractivity contribution in [3.8, 4) is 0 Å². The predicted octanol–water partition coefficient (Wildman–Crippen LogP) is 4.89. The van der Waals surface area contributed by atoms with Gasteiger partial charge in [-0.3, -0.25) is 9.59 Å². The van der Waals surface area contributed by atoms with E-state index >= 15 is 0 Å². The van der Waals surface area contributed by atoms with Crippen LogP contribution in [0.1, 0.15) is 78.1 Å². The van der Waals surface area contributed by atoms with Crippen molar-refractivity contribution in [1.82, 2.24) is 0 Å². The van der Waals surface area contributed by atoms with Gasteiger partial charge in [-0.2, -0.15) is 0 Å². The minimum Gasteiger partial charge on any atom is -0.472 e. The molecule has 2 saturated carbocycles. The number of allylic oxidation sites excluding steroid dienone is 1. The van der Waals surface area contributed by atoms with Crippen molar-refractivity contribution in [1.29, 1.82) is 0 Å². The van der Waals surface area contributed by atoms with E-state index in [1.54, 1.807) is 26.0 Å². The highest BCUT2D eigenvalue weighted by Crippen LogP contribution is 2.71. The van der Waals surface area contributed by atoms with Crippen LogP contribution < -0.4 is 0 Å². The van der Waals surface area contributed by atoms with Crippen LogP contribution in [0.4, 0.5) is 0 Å². The second-order valence-corrected chi connectivity index (χ2v) is 10.9. The number of Topliss-reactive ketones (excluding diaryl/α,β-unsaturated/α-hetero) is 1. The standard InChI is InChI=1S/C27H36O7/c1-8-15(2)24(30)33-23-22(32-17(4)28)16(3)25(5,13-19(29)18-11-12-31-14-18)20-9-10-21-27(7,34-21)26(20,23)6/h8,11-12,14,16,20-23H,9-10,13H2,1-7H3/b15-8+/t16-,20?,21?,22-,23-,25+,26+,27?/m1/s1. The molecule has 7 nitrogen and oxygen atoms in total. The Kier molecular flexibility index (Phi) is 6.08. The van der Waals surface area contributed by atoms with Gasteiger partial charge in [-0.25, -0.2) is 4.79 Å². The molecule has 4 rings (SSSR count). The van der Waals surface area contributed by atoms with Crippen LogP contribution in [-0.4, -0.2) is 41.6 Å². The first kappa shape index (κ1) is 24.7. The Morgan fingerprint density at radius 1 is 1.15 bits per heavy atom. The molecule has 1 aromatic heterocycles. The van der Waals surface area contributed by atoms with Crippen molar-refractivity contribution < 1.29 is 33.0 Å². The van der Waals surface area contributed by atoms with Crippen LogP contribution >= 0.6 is 0 Å². The smallest absolute Gasteiger partial charge is 0.333 e. The van der Waals surface area contributed by atoms with E-state index < -0.39 is 40.6 Å². The molecule has 8 atom stereocenters. The van der Waals surface area contributed by atoms with Crippen molar-refractivity contribution >= 4 is 17.7 Å². The summed E-state index contributed by atoms with van der Waals surface area (Å²) in [6.07, 6.45) is 5.29. The quantitative estimate of drug-likeness (QED) is 0.252. The normalized spacial score (nSPS) is 41.1. The summed E-state index contributed by atoms with van der Waals surface area (Å²) in [5.41, 5.74) is -0.700. The lowest BCUT2D eigenvalue weighted by Gasteiger charge is -2.63. The van der Waals surface area contributed by atoms with Crippen LogP contribution in [0.3, 0.4) is 0 Å². The maximum atomic E-state index is 13.3. The highest BCUT2D eigenvalue weighted by molar-refractivity contribution is 5.96. The van der Waals surface area contributed by atoms with Gasteiger partial charge in [0, 0.05) is 30.3 Å². The van der Waals surface area contributed by atoms with Crippen molar-refractivity contribution in [2.24, 2.45) is 22.7 Å². The van der Waals surface area contributed by atoms with Gasteiger partial charge < -0.3 is 18.6 Å². The zero-order valence-electron chi connectivity index (χ0n) is 21.2. The summed E-state index contributed by atoms with van der Waals surface area (Å²) in [6.45, 7) is 13.1. The van der Waals surface area contributed by atoms with E-state index in [2.05, 4.69) is 20.8 Å². The number of esters is 2. The Labute approximate surface area is 201 Å². The molecule has 3 aliphatic rings. The number of fused-ring (bicyclic) bond motifs is 3. The molecule has 0 amide bonds. The van der Waals surface area contributed by atoms with Gasteiger partial charge in [0.1, 0.15) is 24.1 Å². The Morgan fingerprint density at radius 2 is 1.85 bits per heavy atom. The molecular weight excluding hydrogens is 436 g/mol. The Balaban J connectivity index is 1.82. The first-order valence-electron chi connectivity index (χ1n) is 12.1. The minimum atomic E-state index is -0.714. The van der Waals surface area contributed by atoms with E-state index in [-0.39, 0.29) is 30.1 Å². The third-order valence-electron chi connectivity index (χ3n) is 9.35.